The van der Waals surface area contributed by atoms with E-state index in [0.29, 0.717) is 6.42 Å². The minimum absolute atomic E-state index is 0.387. The van der Waals surface area contributed by atoms with Crippen molar-refractivity contribution in [3.8, 4) is 0 Å². The Bertz CT molecular complexity index is 635. The molecule has 0 saturated heterocycles. The Kier molecular flexibility index (Phi) is 4.05. The molecule has 20 heavy (non-hydrogen) atoms. The highest BCUT2D eigenvalue weighted by molar-refractivity contribution is 5.89. The predicted molar refractivity (Wildman–Crippen MR) is 76.8 cm³/mol. The summed E-state index contributed by atoms with van der Waals surface area (Å²) in [6.45, 7) is 1.53. The molecule has 0 saturated carbocycles. The summed E-state index contributed by atoms with van der Waals surface area (Å²) in [6.07, 6.45) is 2.23. The normalized spacial score (nSPS) is 13.9. The van der Waals surface area contributed by atoms with E-state index < -0.39 is 18.0 Å². The van der Waals surface area contributed by atoms with E-state index in [4.69, 9.17) is 11.5 Å². The number of benzene rings is 1. The Balaban J connectivity index is 2.06. The van der Waals surface area contributed by atoms with Gasteiger partial charge in [0, 0.05) is 17.1 Å². The number of aromatic amines is 1. The van der Waals surface area contributed by atoms with Crippen LogP contribution in [0.15, 0.2) is 30.5 Å². The number of primary amides is 1. The number of carbonyl (C=O) groups is 2. The molecule has 1 aromatic carbocycles. The molecular weight excluding hydrogens is 256 g/mol. The summed E-state index contributed by atoms with van der Waals surface area (Å²) in [5.41, 5.74) is 12.9. The maximum Gasteiger partial charge on any atom is 0.239 e. The minimum Gasteiger partial charge on any atom is -0.368 e. The lowest BCUT2D eigenvalue weighted by Gasteiger charge is -2.15. The second-order valence-electron chi connectivity index (χ2n) is 4.80. The largest absolute Gasteiger partial charge is 0.368 e. The van der Waals surface area contributed by atoms with Gasteiger partial charge in [0.1, 0.15) is 6.04 Å². The molecule has 0 aliphatic carbocycles. The van der Waals surface area contributed by atoms with Crippen LogP contribution in [0.2, 0.25) is 0 Å². The van der Waals surface area contributed by atoms with Gasteiger partial charge in [0.25, 0.3) is 0 Å². The number of H-pyrrole nitrogens is 1. The molecule has 0 spiro atoms. The van der Waals surface area contributed by atoms with Crippen LogP contribution in [0.1, 0.15) is 12.5 Å². The Hall–Kier alpha value is -2.34. The van der Waals surface area contributed by atoms with Crippen molar-refractivity contribution in [1.82, 2.24) is 10.3 Å². The zero-order valence-corrected chi connectivity index (χ0v) is 11.2. The van der Waals surface area contributed by atoms with Crippen LogP contribution in [0.4, 0.5) is 0 Å². The van der Waals surface area contributed by atoms with Gasteiger partial charge < -0.3 is 21.8 Å². The van der Waals surface area contributed by atoms with Gasteiger partial charge in [-0.25, -0.2) is 0 Å². The second kappa shape index (κ2) is 5.75. The third-order valence-corrected chi connectivity index (χ3v) is 3.24. The fourth-order valence-electron chi connectivity index (χ4n) is 2.02. The summed E-state index contributed by atoms with van der Waals surface area (Å²) in [6, 6.07) is 6.34. The van der Waals surface area contributed by atoms with E-state index in [2.05, 4.69) is 10.3 Å². The lowest BCUT2D eigenvalue weighted by atomic mass is 10.0. The van der Waals surface area contributed by atoms with Gasteiger partial charge in [-0.2, -0.15) is 0 Å². The lowest BCUT2D eigenvalue weighted by Crippen LogP contribution is -2.49. The van der Waals surface area contributed by atoms with E-state index in [9.17, 15) is 9.59 Å². The molecule has 106 valence electrons. The molecule has 0 fully saturated rings. The van der Waals surface area contributed by atoms with E-state index in [0.717, 1.165) is 16.5 Å². The summed E-state index contributed by atoms with van der Waals surface area (Å²) in [4.78, 5) is 25.9. The number of rotatable bonds is 5. The molecular formula is C14H18N4O2. The average molecular weight is 274 g/mol. The molecule has 1 unspecified atom stereocenters. The van der Waals surface area contributed by atoms with Gasteiger partial charge in [0.15, 0.2) is 0 Å². The van der Waals surface area contributed by atoms with Crippen LogP contribution in [0.25, 0.3) is 10.9 Å². The Morgan fingerprint density at radius 3 is 2.75 bits per heavy atom. The van der Waals surface area contributed by atoms with Crippen LogP contribution in [0.5, 0.6) is 0 Å². The topological polar surface area (TPSA) is 114 Å². The quantitative estimate of drug-likeness (QED) is 0.616. The van der Waals surface area contributed by atoms with Crippen molar-refractivity contribution in [2.24, 2.45) is 11.5 Å². The highest BCUT2D eigenvalue weighted by atomic mass is 16.2. The van der Waals surface area contributed by atoms with Gasteiger partial charge in [-0.3, -0.25) is 9.59 Å². The van der Waals surface area contributed by atoms with E-state index in [1.165, 1.54) is 6.92 Å². The van der Waals surface area contributed by atoms with Crippen molar-refractivity contribution < 1.29 is 9.59 Å². The van der Waals surface area contributed by atoms with E-state index in [1.54, 1.807) is 0 Å². The van der Waals surface area contributed by atoms with Crippen molar-refractivity contribution in [1.29, 1.82) is 0 Å². The third kappa shape index (κ3) is 2.97. The number of nitrogens with one attached hydrogen (secondary N) is 2. The Morgan fingerprint density at radius 1 is 1.35 bits per heavy atom. The summed E-state index contributed by atoms with van der Waals surface area (Å²) >= 11 is 0. The van der Waals surface area contributed by atoms with E-state index in [1.807, 2.05) is 30.5 Å². The smallest absolute Gasteiger partial charge is 0.239 e. The number of carbonyl (C=O) groups excluding carboxylic acids is 2. The van der Waals surface area contributed by atoms with Crippen molar-refractivity contribution >= 4 is 22.7 Å². The summed E-state index contributed by atoms with van der Waals surface area (Å²) in [7, 11) is 0. The summed E-state index contributed by atoms with van der Waals surface area (Å²) < 4.78 is 0. The number of fused-ring (bicyclic) bond motifs is 1. The first-order chi connectivity index (χ1) is 9.49. The second-order valence-corrected chi connectivity index (χ2v) is 4.80. The number of amides is 2. The molecule has 1 heterocycles. The van der Waals surface area contributed by atoms with Gasteiger partial charge in [0.2, 0.25) is 11.8 Å². The van der Waals surface area contributed by atoms with Crippen molar-refractivity contribution in [3.63, 3.8) is 0 Å². The maximum absolute atomic E-state index is 11.9. The zero-order valence-electron chi connectivity index (χ0n) is 11.2. The molecule has 2 amide bonds. The van der Waals surface area contributed by atoms with E-state index >= 15 is 0 Å². The standard InChI is InChI=1S/C14H18N4O2/c1-8(13(16)19)18-14(20)11(15)6-9-7-17-12-5-3-2-4-10(9)12/h2-5,7-8,11,17H,6,15H2,1H3,(H2,16,19)(H,18,20)/t8?,11-/m1/s1. The average Bonchev–Trinajstić information content (AvgIpc) is 2.82. The fourth-order valence-corrected chi connectivity index (χ4v) is 2.02. The minimum atomic E-state index is -0.726. The molecule has 2 aromatic rings. The van der Waals surface area contributed by atoms with Gasteiger partial charge in [0.05, 0.1) is 6.04 Å². The Labute approximate surface area is 116 Å². The highest BCUT2D eigenvalue weighted by Gasteiger charge is 2.19. The number of hydrogen-bond donors (Lipinski definition) is 4. The van der Waals surface area contributed by atoms with Gasteiger partial charge >= 0.3 is 0 Å². The molecule has 6 nitrogen and oxygen atoms in total. The zero-order chi connectivity index (χ0) is 14.7. The molecule has 0 bridgehead atoms. The first-order valence-electron chi connectivity index (χ1n) is 6.39. The summed E-state index contributed by atoms with van der Waals surface area (Å²) in [5.74, 6) is -0.973. The molecule has 0 aliphatic rings. The fraction of sp³-hybridized carbons (Fsp3) is 0.286. The van der Waals surface area contributed by atoms with Crippen LogP contribution < -0.4 is 16.8 Å². The molecule has 0 aliphatic heterocycles. The van der Waals surface area contributed by atoms with Gasteiger partial charge in [-0.15, -0.1) is 0 Å². The van der Waals surface area contributed by atoms with Crippen LogP contribution in [0.3, 0.4) is 0 Å². The van der Waals surface area contributed by atoms with Crippen LogP contribution in [0, 0.1) is 0 Å². The molecule has 6 heteroatoms. The number of aromatic nitrogens is 1. The summed E-state index contributed by atoms with van der Waals surface area (Å²) in [5, 5.41) is 3.53. The number of hydrogen-bond acceptors (Lipinski definition) is 3. The molecule has 1 aromatic heterocycles. The van der Waals surface area contributed by atoms with E-state index in [-0.39, 0.29) is 5.91 Å². The highest BCUT2D eigenvalue weighted by Crippen LogP contribution is 2.18. The van der Waals surface area contributed by atoms with Gasteiger partial charge in [-0.05, 0) is 25.0 Å². The van der Waals surface area contributed by atoms with Crippen LogP contribution in [-0.2, 0) is 16.0 Å². The lowest BCUT2D eigenvalue weighted by molar-refractivity contribution is -0.127. The molecule has 2 atom stereocenters. The molecule has 2 rings (SSSR count). The van der Waals surface area contributed by atoms with Crippen molar-refractivity contribution in [2.75, 3.05) is 0 Å². The predicted octanol–water partition coefficient (Wildman–Crippen LogP) is 0.0277. The monoisotopic (exact) mass is 274 g/mol. The van der Waals surface area contributed by atoms with Crippen molar-refractivity contribution in [3.05, 3.63) is 36.0 Å². The maximum atomic E-state index is 11.9. The number of nitrogens with two attached hydrogens (primary N) is 2. The van der Waals surface area contributed by atoms with Crippen molar-refractivity contribution in [2.45, 2.75) is 25.4 Å². The van der Waals surface area contributed by atoms with Crippen LogP contribution >= 0.6 is 0 Å². The molecule has 0 radical (unpaired) electrons. The first-order valence-corrected chi connectivity index (χ1v) is 6.39. The third-order valence-electron chi connectivity index (χ3n) is 3.24. The number of para-hydroxylation sites is 1. The Morgan fingerprint density at radius 2 is 2.05 bits per heavy atom. The molecule has 6 N–H and O–H groups in total. The van der Waals surface area contributed by atoms with Crippen LogP contribution in [-0.4, -0.2) is 28.9 Å². The SMILES string of the molecule is CC(NC(=O)[C@H](N)Cc1c[nH]c2ccccc12)C(N)=O. The first kappa shape index (κ1) is 14.1. The van der Waals surface area contributed by atoms with Gasteiger partial charge in [-0.1, -0.05) is 18.2 Å².